The van der Waals surface area contributed by atoms with Crippen molar-refractivity contribution in [2.45, 2.75) is 76.3 Å². The molecule has 0 aromatic carbocycles. The van der Waals surface area contributed by atoms with Gasteiger partial charge in [0, 0.05) is 24.9 Å². The second-order valence-electron chi connectivity index (χ2n) is 5.17. The van der Waals surface area contributed by atoms with E-state index in [0.717, 1.165) is 31.7 Å². The molecule has 2 saturated carbocycles. The highest BCUT2D eigenvalue weighted by molar-refractivity contribution is 5.79. The Morgan fingerprint density at radius 2 is 1.33 bits per heavy atom. The van der Waals surface area contributed by atoms with Gasteiger partial charge in [-0.05, 0) is 25.7 Å². The number of nitrogens with one attached hydrogen (secondary N) is 1. The van der Waals surface area contributed by atoms with Crippen LogP contribution in [-0.4, -0.2) is 17.9 Å². The van der Waals surface area contributed by atoms with Crippen molar-refractivity contribution in [3.63, 3.8) is 0 Å². The van der Waals surface area contributed by atoms with Crippen LogP contribution < -0.4 is 5.32 Å². The fourth-order valence-corrected chi connectivity index (χ4v) is 2.89. The first-order chi connectivity index (χ1) is 7.34. The van der Waals surface area contributed by atoms with Crippen molar-refractivity contribution < 1.29 is 4.79 Å². The number of carbonyl (C=O) groups is 1. The molecule has 0 heterocycles. The van der Waals surface area contributed by atoms with Crippen LogP contribution in [0.5, 0.6) is 0 Å². The van der Waals surface area contributed by atoms with Gasteiger partial charge in [0.05, 0.1) is 0 Å². The van der Waals surface area contributed by atoms with Crippen molar-refractivity contribution in [1.29, 1.82) is 0 Å². The summed E-state index contributed by atoms with van der Waals surface area (Å²) in [5, 5.41) is 3.77. The first kappa shape index (κ1) is 11.1. The number of Topliss-reactive ketones (excluding diaryl/α,β-unsaturated/α-hetero) is 1. The normalized spacial score (nSPS) is 26.5. The Bertz CT molecular complexity index is 197. The minimum atomic E-state index is 0.467. The summed E-state index contributed by atoms with van der Waals surface area (Å²) >= 11 is 0. The van der Waals surface area contributed by atoms with Gasteiger partial charge in [-0.2, -0.15) is 0 Å². The summed E-state index contributed by atoms with van der Waals surface area (Å²) in [6.07, 6.45) is 12.1. The van der Waals surface area contributed by atoms with E-state index in [1.165, 1.54) is 38.5 Å². The Morgan fingerprint density at radius 3 is 1.93 bits per heavy atom. The molecule has 2 aliphatic rings. The van der Waals surface area contributed by atoms with Crippen molar-refractivity contribution >= 4 is 5.78 Å². The molecule has 0 atom stereocenters. The maximum absolute atomic E-state index is 11.1. The SMILES string of the molecule is O=C1CCC(NC2CCCCCC2)CC1. The van der Waals surface area contributed by atoms with Crippen molar-refractivity contribution in [3.05, 3.63) is 0 Å². The quantitative estimate of drug-likeness (QED) is 0.709. The van der Waals surface area contributed by atoms with E-state index >= 15 is 0 Å². The topological polar surface area (TPSA) is 29.1 Å². The van der Waals surface area contributed by atoms with Gasteiger partial charge in [0.15, 0.2) is 0 Å². The molecule has 2 aliphatic carbocycles. The van der Waals surface area contributed by atoms with Crippen LogP contribution >= 0.6 is 0 Å². The Morgan fingerprint density at radius 1 is 0.800 bits per heavy atom. The molecule has 15 heavy (non-hydrogen) atoms. The summed E-state index contributed by atoms with van der Waals surface area (Å²) in [5.74, 6) is 0.467. The highest BCUT2D eigenvalue weighted by atomic mass is 16.1. The Labute approximate surface area is 92.8 Å². The third-order valence-electron chi connectivity index (χ3n) is 3.87. The Kier molecular flexibility index (Phi) is 4.18. The standard InChI is InChI=1S/C13H23NO/c15-13-9-7-12(8-10-13)14-11-5-3-1-2-4-6-11/h11-12,14H,1-10H2. The fourth-order valence-electron chi connectivity index (χ4n) is 2.89. The number of ketones is 1. The summed E-state index contributed by atoms with van der Waals surface area (Å²) in [4.78, 5) is 11.1. The maximum atomic E-state index is 11.1. The molecule has 0 aromatic heterocycles. The van der Waals surface area contributed by atoms with E-state index < -0.39 is 0 Å². The van der Waals surface area contributed by atoms with E-state index in [1.54, 1.807) is 0 Å². The summed E-state index contributed by atoms with van der Waals surface area (Å²) < 4.78 is 0. The molecule has 0 spiro atoms. The lowest BCUT2D eigenvalue weighted by Gasteiger charge is -2.27. The second kappa shape index (κ2) is 5.64. The molecule has 86 valence electrons. The summed E-state index contributed by atoms with van der Waals surface area (Å²) in [6, 6.07) is 1.37. The van der Waals surface area contributed by atoms with Crippen LogP contribution in [0, 0.1) is 0 Å². The van der Waals surface area contributed by atoms with E-state index in [4.69, 9.17) is 0 Å². The number of hydrogen-bond acceptors (Lipinski definition) is 2. The van der Waals surface area contributed by atoms with Crippen molar-refractivity contribution in [3.8, 4) is 0 Å². The van der Waals surface area contributed by atoms with Crippen LogP contribution in [-0.2, 0) is 4.79 Å². The van der Waals surface area contributed by atoms with Gasteiger partial charge in [-0.1, -0.05) is 25.7 Å². The second-order valence-corrected chi connectivity index (χ2v) is 5.17. The van der Waals surface area contributed by atoms with E-state index in [-0.39, 0.29) is 0 Å². The fraction of sp³-hybridized carbons (Fsp3) is 0.923. The smallest absolute Gasteiger partial charge is 0.133 e. The monoisotopic (exact) mass is 209 g/mol. The minimum Gasteiger partial charge on any atom is -0.311 e. The molecule has 2 fully saturated rings. The van der Waals surface area contributed by atoms with Gasteiger partial charge in [-0.25, -0.2) is 0 Å². The predicted octanol–water partition coefficient (Wildman–Crippen LogP) is 2.81. The molecular weight excluding hydrogens is 186 g/mol. The van der Waals surface area contributed by atoms with Gasteiger partial charge < -0.3 is 5.32 Å². The molecular formula is C13H23NO. The van der Waals surface area contributed by atoms with Gasteiger partial charge in [-0.15, -0.1) is 0 Å². The first-order valence-corrected chi connectivity index (χ1v) is 6.62. The molecule has 2 heteroatoms. The minimum absolute atomic E-state index is 0.467. The molecule has 0 radical (unpaired) electrons. The predicted molar refractivity (Wildman–Crippen MR) is 61.9 cm³/mol. The Balaban J connectivity index is 1.73. The van der Waals surface area contributed by atoms with Crippen LogP contribution in [0.15, 0.2) is 0 Å². The molecule has 0 saturated heterocycles. The van der Waals surface area contributed by atoms with E-state index in [2.05, 4.69) is 5.32 Å². The number of hydrogen-bond donors (Lipinski definition) is 1. The summed E-state index contributed by atoms with van der Waals surface area (Å²) in [5.41, 5.74) is 0. The van der Waals surface area contributed by atoms with Gasteiger partial charge in [0.25, 0.3) is 0 Å². The molecule has 2 nitrogen and oxygen atoms in total. The third-order valence-corrected chi connectivity index (χ3v) is 3.87. The van der Waals surface area contributed by atoms with Crippen molar-refractivity contribution in [2.75, 3.05) is 0 Å². The molecule has 0 aliphatic heterocycles. The third kappa shape index (κ3) is 3.60. The highest BCUT2D eigenvalue weighted by Crippen LogP contribution is 2.21. The molecule has 0 bridgehead atoms. The molecule has 0 unspecified atom stereocenters. The largest absolute Gasteiger partial charge is 0.311 e. The van der Waals surface area contributed by atoms with Gasteiger partial charge in [-0.3, -0.25) is 4.79 Å². The van der Waals surface area contributed by atoms with Crippen LogP contribution in [0.25, 0.3) is 0 Å². The molecule has 0 aromatic rings. The van der Waals surface area contributed by atoms with Gasteiger partial charge >= 0.3 is 0 Å². The molecule has 1 N–H and O–H groups in total. The zero-order valence-corrected chi connectivity index (χ0v) is 9.63. The lowest BCUT2D eigenvalue weighted by Crippen LogP contribution is -2.40. The number of rotatable bonds is 2. The Hall–Kier alpha value is -0.370. The van der Waals surface area contributed by atoms with Crippen LogP contribution in [0.4, 0.5) is 0 Å². The lowest BCUT2D eigenvalue weighted by atomic mass is 9.93. The average Bonchev–Trinajstić information content (AvgIpc) is 2.50. The van der Waals surface area contributed by atoms with E-state index in [9.17, 15) is 4.79 Å². The van der Waals surface area contributed by atoms with E-state index in [1.807, 2.05) is 0 Å². The van der Waals surface area contributed by atoms with E-state index in [0.29, 0.717) is 11.8 Å². The lowest BCUT2D eigenvalue weighted by molar-refractivity contribution is -0.120. The van der Waals surface area contributed by atoms with Crippen LogP contribution in [0.1, 0.15) is 64.2 Å². The van der Waals surface area contributed by atoms with Crippen molar-refractivity contribution in [2.24, 2.45) is 0 Å². The van der Waals surface area contributed by atoms with Crippen LogP contribution in [0.3, 0.4) is 0 Å². The zero-order valence-electron chi connectivity index (χ0n) is 9.63. The summed E-state index contributed by atoms with van der Waals surface area (Å²) in [7, 11) is 0. The average molecular weight is 209 g/mol. The molecule has 0 amide bonds. The first-order valence-electron chi connectivity index (χ1n) is 6.62. The highest BCUT2D eigenvalue weighted by Gasteiger charge is 2.21. The maximum Gasteiger partial charge on any atom is 0.133 e. The zero-order chi connectivity index (χ0) is 10.5. The van der Waals surface area contributed by atoms with Gasteiger partial charge in [0.2, 0.25) is 0 Å². The van der Waals surface area contributed by atoms with Gasteiger partial charge in [0.1, 0.15) is 5.78 Å². The molecule has 2 rings (SSSR count). The summed E-state index contributed by atoms with van der Waals surface area (Å²) in [6.45, 7) is 0. The van der Waals surface area contributed by atoms with Crippen molar-refractivity contribution in [1.82, 2.24) is 5.32 Å². The number of carbonyl (C=O) groups excluding carboxylic acids is 1. The van der Waals surface area contributed by atoms with Crippen LogP contribution in [0.2, 0.25) is 0 Å².